The molecule has 2 unspecified atom stereocenters. The summed E-state index contributed by atoms with van der Waals surface area (Å²) in [6, 6.07) is 0. The maximum Gasteiger partial charge on any atom is 0.305 e. The van der Waals surface area contributed by atoms with Crippen LogP contribution in [0.1, 0.15) is 73.1 Å². The highest BCUT2D eigenvalue weighted by atomic mass is 16.5. The van der Waals surface area contributed by atoms with Crippen molar-refractivity contribution >= 4 is 11.7 Å². The van der Waals surface area contributed by atoms with E-state index < -0.39 is 0 Å². The largest absolute Gasteiger partial charge is 0.462 e. The Labute approximate surface area is 118 Å². The van der Waals surface area contributed by atoms with E-state index in [2.05, 4.69) is 25.8 Å². The van der Waals surface area contributed by atoms with Crippen LogP contribution in [0.4, 0.5) is 0 Å². The third-order valence-electron chi connectivity index (χ3n) is 3.52. The summed E-state index contributed by atoms with van der Waals surface area (Å²) in [5, 5.41) is 0. The van der Waals surface area contributed by atoms with Crippen LogP contribution in [-0.4, -0.2) is 24.3 Å². The molecule has 0 amide bonds. The van der Waals surface area contributed by atoms with Crippen LogP contribution in [0.3, 0.4) is 0 Å². The summed E-state index contributed by atoms with van der Waals surface area (Å²) < 4.78 is 5.40. The second kappa shape index (κ2) is 11.0. The predicted octanol–water partition coefficient (Wildman–Crippen LogP) is 4.40. The van der Waals surface area contributed by atoms with Gasteiger partial charge in [0.15, 0.2) is 0 Å². The zero-order chi connectivity index (χ0) is 14.7. The second-order valence-electron chi connectivity index (χ2n) is 5.15. The van der Waals surface area contributed by atoms with Gasteiger partial charge in [0.25, 0.3) is 0 Å². The third-order valence-corrected chi connectivity index (χ3v) is 3.52. The smallest absolute Gasteiger partial charge is 0.305 e. The zero-order valence-corrected chi connectivity index (χ0v) is 13.4. The number of rotatable bonds is 10. The number of hydrogen-bond donors (Lipinski definition) is 0. The average molecular weight is 269 g/mol. The molecule has 0 rings (SSSR count). The van der Waals surface area contributed by atoms with Gasteiger partial charge in [0, 0.05) is 24.6 Å². The Morgan fingerprint density at radius 3 is 2.37 bits per heavy atom. The van der Waals surface area contributed by atoms with Crippen molar-refractivity contribution in [3.63, 3.8) is 0 Å². The monoisotopic (exact) mass is 269 g/mol. The first-order chi connectivity index (χ1) is 9.06. The highest BCUT2D eigenvalue weighted by molar-refractivity contribution is 5.85. The quantitative estimate of drug-likeness (QED) is 0.335. The summed E-state index contributed by atoms with van der Waals surface area (Å²) in [6.45, 7) is 11.1. The molecule has 0 saturated heterocycles. The molecule has 0 N–H and O–H groups in total. The Balaban J connectivity index is 4.24. The molecule has 2 atom stereocenters. The fraction of sp³-hybridized carbons (Fsp3) is 0.875. The van der Waals surface area contributed by atoms with Crippen LogP contribution in [0.5, 0.6) is 0 Å². The van der Waals surface area contributed by atoms with Gasteiger partial charge in [-0.05, 0) is 26.7 Å². The Bertz CT molecular complexity index is 274. The Morgan fingerprint density at radius 2 is 1.84 bits per heavy atom. The van der Waals surface area contributed by atoms with E-state index in [4.69, 9.17) is 4.74 Å². The molecular formula is C16H31NO2. The number of carbonyl (C=O) groups is 1. The zero-order valence-electron chi connectivity index (χ0n) is 13.4. The number of carbonyl (C=O) groups excluding carboxylic acids is 1. The second-order valence-corrected chi connectivity index (χ2v) is 5.15. The Kier molecular flexibility index (Phi) is 10.5. The number of hydrogen-bond acceptors (Lipinski definition) is 3. The molecular weight excluding hydrogens is 238 g/mol. The molecule has 0 radical (unpaired) electrons. The molecule has 0 aliphatic rings. The van der Waals surface area contributed by atoms with Gasteiger partial charge < -0.3 is 4.74 Å². The van der Waals surface area contributed by atoms with Crippen molar-refractivity contribution in [2.45, 2.75) is 79.2 Å². The van der Waals surface area contributed by atoms with Crippen LogP contribution < -0.4 is 0 Å². The van der Waals surface area contributed by atoms with Gasteiger partial charge in [-0.25, -0.2) is 0 Å². The molecule has 112 valence electrons. The molecule has 0 aromatic carbocycles. The van der Waals surface area contributed by atoms with E-state index in [0.29, 0.717) is 6.42 Å². The van der Waals surface area contributed by atoms with Crippen LogP contribution in [0.2, 0.25) is 0 Å². The first-order valence-electron chi connectivity index (χ1n) is 7.77. The summed E-state index contributed by atoms with van der Waals surface area (Å²) in [4.78, 5) is 16.0. The third kappa shape index (κ3) is 8.02. The molecule has 0 fully saturated rings. The van der Waals surface area contributed by atoms with E-state index in [-0.39, 0.29) is 18.0 Å². The minimum Gasteiger partial charge on any atom is -0.462 e. The van der Waals surface area contributed by atoms with Crippen molar-refractivity contribution in [1.82, 2.24) is 0 Å². The van der Waals surface area contributed by atoms with E-state index in [1.807, 2.05) is 13.8 Å². The van der Waals surface area contributed by atoms with Crippen molar-refractivity contribution < 1.29 is 9.53 Å². The van der Waals surface area contributed by atoms with E-state index in [1.165, 1.54) is 19.3 Å². The van der Waals surface area contributed by atoms with Gasteiger partial charge in [-0.3, -0.25) is 9.79 Å². The molecule has 3 nitrogen and oxygen atoms in total. The fourth-order valence-corrected chi connectivity index (χ4v) is 2.25. The van der Waals surface area contributed by atoms with Crippen molar-refractivity contribution in [3.8, 4) is 0 Å². The number of esters is 1. The summed E-state index contributed by atoms with van der Waals surface area (Å²) in [5.41, 5.74) is 1.12. The lowest BCUT2D eigenvalue weighted by molar-refractivity contribution is -0.149. The highest BCUT2D eigenvalue weighted by Gasteiger charge is 2.21. The molecule has 19 heavy (non-hydrogen) atoms. The van der Waals surface area contributed by atoms with E-state index >= 15 is 0 Å². The van der Waals surface area contributed by atoms with Crippen LogP contribution in [0, 0.1) is 5.92 Å². The van der Waals surface area contributed by atoms with E-state index in [0.717, 1.165) is 25.1 Å². The lowest BCUT2D eigenvalue weighted by atomic mass is 9.95. The van der Waals surface area contributed by atoms with E-state index in [1.54, 1.807) is 0 Å². The topological polar surface area (TPSA) is 38.7 Å². The SMILES string of the molecule is CCCCCCN=C(C)C(CC)C(C)OC(=O)CC. The van der Waals surface area contributed by atoms with Gasteiger partial charge >= 0.3 is 5.97 Å². The maximum atomic E-state index is 11.3. The van der Waals surface area contributed by atoms with Gasteiger partial charge in [-0.2, -0.15) is 0 Å². The molecule has 0 aliphatic carbocycles. The van der Waals surface area contributed by atoms with Gasteiger partial charge in [-0.1, -0.05) is 40.0 Å². The van der Waals surface area contributed by atoms with Gasteiger partial charge in [0.05, 0.1) is 0 Å². The van der Waals surface area contributed by atoms with Crippen LogP contribution in [0.15, 0.2) is 4.99 Å². The van der Waals surface area contributed by atoms with Crippen LogP contribution in [-0.2, 0) is 9.53 Å². The lowest BCUT2D eigenvalue weighted by Crippen LogP contribution is -2.28. The van der Waals surface area contributed by atoms with Crippen molar-refractivity contribution in [1.29, 1.82) is 0 Å². The number of unbranched alkanes of at least 4 members (excludes halogenated alkanes) is 3. The summed E-state index contributed by atoms with van der Waals surface area (Å²) in [7, 11) is 0. The molecule has 0 bridgehead atoms. The minimum absolute atomic E-state index is 0.0724. The molecule has 0 aromatic heterocycles. The first-order valence-corrected chi connectivity index (χ1v) is 7.77. The number of ether oxygens (including phenoxy) is 1. The van der Waals surface area contributed by atoms with Gasteiger partial charge in [0.1, 0.15) is 6.10 Å². The average Bonchev–Trinajstić information content (AvgIpc) is 2.39. The molecule has 0 aromatic rings. The van der Waals surface area contributed by atoms with Crippen LogP contribution >= 0.6 is 0 Å². The van der Waals surface area contributed by atoms with Crippen molar-refractivity contribution in [2.24, 2.45) is 10.9 Å². The fourth-order valence-electron chi connectivity index (χ4n) is 2.25. The molecule has 3 heteroatoms. The minimum atomic E-state index is -0.123. The van der Waals surface area contributed by atoms with Crippen LogP contribution in [0.25, 0.3) is 0 Å². The highest BCUT2D eigenvalue weighted by Crippen LogP contribution is 2.15. The standard InChI is InChI=1S/C16H31NO2/c1-6-9-10-11-12-17-13(4)15(7-2)14(5)19-16(18)8-3/h14-15H,6-12H2,1-5H3. The van der Waals surface area contributed by atoms with Crippen molar-refractivity contribution in [2.75, 3.05) is 6.54 Å². The number of nitrogens with zero attached hydrogens (tertiary/aromatic N) is 1. The van der Waals surface area contributed by atoms with Crippen molar-refractivity contribution in [3.05, 3.63) is 0 Å². The normalized spacial score (nSPS) is 15.1. The van der Waals surface area contributed by atoms with E-state index in [9.17, 15) is 4.79 Å². The summed E-state index contributed by atoms with van der Waals surface area (Å²) in [5.74, 6) is 0.128. The van der Waals surface area contributed by atoms with Gasteiger partial charge in [-0.15, -0.1) is 0 Å². The van der Waals surface area contributed by atoms with Gasteiger partial charge in [0.2, 0.25) is 0 Å². The summed E-state index contributed by atoms with van der Waals surface area (Å²) in [6.07, 6.45) is 6.28. The molecule has 0 saturated carbocycles. The Morgan fingerprint density at radius 1 is 1.16 bits per heavy atom. The lowest BCUT2D eigenvalue weighted by Gasteiger charge is -2.22. The molecule has 0 heterocycles. The Hall–Kier alpha value is -0.860. The molecule has 0 aliphatic heterocycles. The first kappa shape index (κ1) is 18.1. The summed E-state index contributed by atoms with van der Waals surface area (Å²) >= 11 is 0. The predicted molar refractivity (Wildman–Crippen MR) is 81.7 cm³/mol. The number of aliphatic imine (C=N–C) groups is 1. The maximum absolute atomic E-state index is 11.3. The molecule has 0 spiro atoms.